The highest BCUT2D eigenvalue weighted by Gasteiger charge is 2.20. The maximum absolute atomic E-state index is 3.52. The summed E-state index contributed by atoms with van der Waals surface area (Å²) in [6, 6.07) is 7.21. The quantitative estimate of drug-likeness (QED) is 0.824. The molecule has 0 radical (unpaired) electrons. The van der Waals surface area contributed by atoms with Gasteiger partial charge in [-0.25, -0.2) is 0 Å². The molecule has 0 amide bonds. The third-order valence-corrected chi connectivity index (χ3v) is 3.71. The van der Waals surface area contributed by atoms with Gasteiger partial charge in [0.05, 0.1) is 0 Å². The van der Waals surface area contributed by atoms with Crippen LogP contribution in [0.1, 0.15) is 18.4 Å². The third kappa shape index (κ3) is 2.92. The fourth-order valence-electron chi connectivity index (χ4n) is 1.22. The van der Waals surface area contributed by atoms with E-state index >= 15 is 0 Å². The Morgan fingerprint density at radius 1 is 1.46 bits per heavy atom. The summed E-state index contributed by atoms with van der Waals surface area (Å²) in [6.45, 7) is 1.00. The fourth-order valence-corrected chi connectivity index (χ4v) is 2.16. The van der Waals surface area contributed by atoms with E-state index in [0.717, 1.165) is 12.6 Å². The van der Waals surface area contributed by atoms with E-state index in [-0.39, 0.29) is 0 Å². The average molecular weight is 352 g/mol. The molecule has 0 heterocycles. The van der Waals surface area contributed by atoms with Crippen LogP contribution in [0.2, 0.25) is 0 Å². The van der Waals surface area contributed by atoms with Gasteiger partial charge in [0.2, 0.25) is 0 Å². The molecule has 0 aliphatic heterocycles. The highest BCUT2D eigenvalue weighted by Crippen LogP contribution is 2.22. The van der Waals surface area contributed by atoms with Gasteiger partial charge in [-0.15, -0.1) is 0 Å². The molecule has 0 atom stereocenters. The lowest BCUT2D eigenvalue weighted by molar-refractivity contribution is 0.685. The smallest absolute Gasteiger partial charge is 0.0218 e. The molecule has 1 aromatic carbocycles. The second-order valence-corrected chi connectivity index (χ2v) is 5.47. The number of rotatable bonds is 3. The van der Waals surface area contributed by atoms with Crippen molar-refractivity contribution in [2.24, 2.45) is 0 Å². The molecule has 1 nitrogen and oxygen atoms in total. The minimum atomic E-state index is 0.787. The van der Waals surface area contributed by atoms with Crippen LogP contribution in [-0.4, -0.2) is 6.04 Å². The van der Waals surface area contributed by atoms with E-state index in [1.807, 2.05) is 0 Å². The Hall–Kier alpha value is 0.390. The first kappa shape index (κ1) is 9.93. The van der Waals surface area contributed by atoms with Crippen molar-refractivity contribution in [2.45, 2.75) is 25.4 Å². The minimum absolute atomic E-state index is 0.787. The highest BCUT2D eigenvalue weighted by atomic mass is 127. The van der Waals surface area contributed by atoms with Crippen LogP contribution >= 0.6 is 38.5 Å². The van der Waals surface area contributed by atoms with Crippen LogP contribution in [0.25, 0.3) is 0 Å². The van der Waals surface area contributed by atoms with E-state index in [1.165, 1.54) is 26.4 Å². The van der Waals surface area contributed by atoms with Crippen molar-refractivity contribution in [1.82, 2.24) is 5.32 Å². The van der Waals surface area contributed by atoms with Crippen LogP contribution in [0, 0.1) is 3.57 Å². The Morgan fingerprint density at radius 2 is 2.23 bits per heavy atom. The Morgan fingerprint density at radius 3 is 2.92 bits per heavy atom. The SMILES string of the molecule is Brc1ccc(I)c(CNC2CC2)c1. The largest absolute Gasteiger partial charge is 0.310 e. The zero-order valence-corrected chi connectivity index (χ0v) is 10.9. The molecular formula is C10H11BrIN. The molecule has 0 saturated heterocycles. The second kappa shape index (κ2) is 4.28. The van der Waals surface area contributed by atoms with Crippen molar-refractivity contribution in [3.8, 4) is 0 Å². The third-order valence-electron chi connectivity index (χ3n) is 2.17. The van der Waals surface area contributed by atoms with Gasteiger partial charge in [-0.1, -0.05) is 15.9 Å². The van der Waals surface area contributed by atoms with Crippen LogP contribution < -0.4 is 5.32 Å². The molecule has 1 N–H and O–H groups in total. The molecule has 70 valence electrons. The van der Waals surface area contributed by atoms with Crippen LogP contribution in [0.15, 0.2) is 22.7 Å². The first-order valence-corrected chi connectivity index (χ1v) is 6.30. The monoisotopic (exact) mass is 351 g/mol. The van der Waals surface area contributed by atoms with Gasteiger partial charge in [-0.2, -0.15) is 0 Å². The summed E-state index contributed by atoms with van der Waals surface area (Å²) in [7, 11) is 0. The lowest BCUT2D eigenvalue weighted by atomic mass is 10.2. The first-order valence-electron chi connectivity index (χ1n) is 4.43. The normalized spacial score (nSPS) is 16.2. The summed E-state index contributed by atoms with van der Waals surface area (Å²) in [6.07, 6.45) is 2.70. The predicted molar refractivity (Wildman–Crippen MR) is 66.7 cm³/mol. The van der Waals surface area contributed by atoms with E-state index < -0.39 is 0 Å². The average Bonchev–Trinajstić information content (AvgIpc) is 2.90. The zero-order valence-electron chi connectivity index (χ0n) is 7.19. The molecule has 1 fully saturated rings. The fraction of sp³-hybridized carbons (Fsp3) is 0.400. The van der Waals surface area contributed by atoms with Crippen molar-refractivity contribution < 1.29 is 0 Å². The van der Waals surface area contributed by atoms with Crippen LogP contribution in [-0.2, 0) is 6.54 Å². The summed E-state index contributed by atoms with van der Waals surface area (Å²) in [5.41, 5.74) is 1.39. The lowest BCUT2D eigenvalue weighted by Crippen LogP contribution is -2.15. The highest BCUT2D eigenvalue weighted by molar-refractivity contribution is 14.1. The number of halogens is 2. The zero-order chi connectivity index (χ0) is 9.26. The maximum atomic E-state index is 3.52. The molecule has 1 aromatic rings. The van der Waals surface area contributed by atoms with Gasteiger partial charge >= 0.3 is 0 Å². The van der Waals surface area contributed by atoms with E-state index in [4.69, 9.17) is 0 Å². The van der Waals surface area contributed by atoms with E-state index in [0.29, 0.717) is 0 Å². The maximum Gasteiger partial charge on any atom is 0.0218 e. The van der Waals surface area contributed by atoms with E-state index in [1.54, 1.807) is 0 Å². The summed E-state index contributed by atoms with van der Waals surface area (Å²) in [5.74, 6) is 0. The van der Waals surface area contributed by atoms with E-state index in [9.17, 15) is 0 Å². The van der Waals surface area contributed by atoms with Gasteiger partial charge < -0.3 is 5.32 Å². The van der Waals surface area contributed by atoms with Crippen molar-refractivity contribution in [3.63, 3.8) is 0 Å². The number of benzene rings is 1. The Kier molecular flexibility index (Phi) is 3.26. The summed E-state index contributed by atoms with van der Waals surface area (Å²) < 4.78 is 2.51. The van der Waals surface area contributed by atoms with Crippen LogP contribution in [0.5, 0.6) is 0 Å². The van der Waals surface area contributed by atoms with Gasteiger partial charge in [0.15, 0.2) is 0 Å². The van der Waals surface area contributed by atoms with Crippen LogP contribution in [0.4, 0.5) is 0 Å². The summed E-state index contributed by atoms with van der Waals surface area (Å²) in [4.78, 5) is 0. The Balaban J connectivity index is 2.03. The molecule has 1 saturated carbocycles. The van der Waals surface area contributed by atoms with Crippen molar-refractivity contribution in [2.75, 3.05) is 0 Å². The van der Waals surface area contributed by atoms with Gasteiger partial charge in [0.1, 0.15) is 0 Å². The molecule has 2 rings (SSSR count). The van der Waals surface area contributed by atoms with Gasteiger partial charge in [0, 0.05) is 20.6 Å². The molecule has 1 aliphatic carbocycles. The predicted octanol–water partition coefficient (Wildman–Crippen LogP) is 3.31. The second-order valence-electron chi connectivity index (χ2n) is 3.39. The molecule has 1 aliphatic rings. The molecule has 0 aromatic heterocycles. The first-order chi connectivity index (χ1) is 6.25. The molecule has 3 heteroatoms. The topological polar surface area (TPSA) is 12.0 Å². The molecular weight excluding hydrogens is 341 g/mol. The number of hydrogen-bond acceptors (Lipinski definition) is 1. The standard InChI is InChI=1S/C10H11BrIN/c11-8-1-4-10(12)7(5-8)6-13-9-2-3-9/h1,4-5,9,13H,2-3,6H2. The van der Waals surface area contributed by atoms with Gasteiger partial charge in [0.25, 0.3) is 0 Å². The Labute approximate surface area is 101 Å². The van der Waals surface area contributed by atoms with Crippen molar-refractivity contribution >= 4 is 38.5 Å². The number of nitrogens with one attached hydrogen (secondary N) is 1. The van der Waals surface area contributed by atoms with Gasteiger partial charge in [-0.3, -0.25) is 0 Å². The van der Waals surface area contributed by atoms with E-state index in [2.05, 4.69) is 62.0 Å². The number of hydrogen-bond donors (Lipinski definition) is 1. The minimum Gasteiger partial charge on any atom is -0.310 e. The molecule has 0 unspecified atom stereocenters. The summed E-state index contributed by atoms with van der Waals surface area (Å²) in [5, 5.41) is 3.52. The summed E-state index contributed by atoms with van der Waals surface area (Å²) >= 11 is 5.87. The van der Waals surface area contributed by atoms with Crippen molar-refractivity contribution in [3.05, 3.63) is 31.8 Å². The molecule has 0 bridgehead atoms. The van der Waals surface area contributed by atoms with Gasteiger partial charge in [-0.05, 0) is 59.2 Å². The van der Waals surface area contributed by atoms with Crippen LogP contribution in [0.3, 0.4) is 0 Å². The lowest BCUT2D eigenvalue weighted by Gasteiger charge is -2.05. The molecule has 0 spiro atoms. The van der Waals surface area contributed by atoms with Crippen molar-refractivity contribution in [1.29, 1.82) is 0 Å². The molecule has 13 heavy (non-hydrogen) atoms. The Bertz CT molecular complexity index is 310.